The van der Waals surface area contributed by atoms with Gasteiger partial charge in [-0.15, -0.1) is 0 Å². The lowest BCUT2D eigenvalue weighted by atomic mass is 9.71. The van der Waals surface area contributed by atoms with Gasteiger partial charge in [-0.1, -0.05) is 20.3 Å². The van der Waals surface area contributed by atoms with Crippen molar-refractivity contribution in [2.24, 2.45) is 17.3 Å². The molecule has 1 N–H and O–H groups in total. The van der Waals surface area contributed by atoms with Gasteiger partial charge in [-0.05, 0) is 42.9 Å². The average Bonchev–Trinajstić information content (AvgIpc) is 2.53. The molecule has 0 radical (unpaired) electrons. The summed E-state index contributed by atoms with van der Waals surface area (Å²) < 4.78 is 0. The van der Waals surface area contributed by atoms with Gasteiger partial charge in [-0.25, -0.2) is 0 Å². The van der Waals surface area contributed by atoms with Crippen molar-refractivity contribution in [1.82, 2.24) is 0 Å². The molecule has 1 unspecified atom stereocenters. The van der Waals surface area contributed by atoms with Gasteiger partial charge in [0.25, 0.3) is 0 Å². The van der Waals surface area contributed by atoms with Crippen LogP contribution in [0.25, 0.3) is 0 Å². The molecule has 3 atom stereocenters. The van der Waals surface area contributed by atoms with Crippen LogP contribution in [0.5, 0.6) is 0 Å². The van der Waals surface area contributed by atoms with Crippen molar-refractivity contribution in [2.75, 3.05) is 0 Å². The smallest absolute Gasteiger partial charge is 0.0574 e. The highest BCUT2D eigenvalue weighted by atomic mass is 16.3. The van der Waals surface area contributed by atoms with Gasteiger partial charge >= 0.3 is 0 Å². The number of aliphatic hydroxyl groups is 1. The fourth-order valence-electron chi connectivity index (χ4n) is 3.63. The number of hydrogen-bond acceptors (Lipinski definition) is 1. The Balaban J connectivity index is 2.23. The Labute approximate surface area is 75.2 Å². The summed E-state index contributed by atoms with van der Waals surface area (Å²) in [6, 6.07) is 0. The minimum atomic E-state index is 0.0231. The van der Waals surface area contributed by atoms with Gasteiger partial charge in [0.2, 0.25) is 0 Å². The minimum absolute atomic E-state index is 0.0231. The van der Waals surface area contributed by atoms with E-state index >= 15 is 0 Å². The van der Waals surface area contributed by atoms with Gasteiger partial charge in [0.1, 0.15) is 0 Å². The zero-order chi connectivity index (χ0) is 8.77. The topological polar surface area (TPSA) is 20.2 Å². The van der Waals surface area contributed by atoms with Crippen LogP contribution in [-0.4, -0.2) is 11.2 Å². The Bertz CT molecular complexity index is 176. The summed E-state index contributed by atoms with van der Waals surface area (Å²) in [6.07, 6.45) is 6.35. The zero-order valence-electron chi connectivity index (χ0n) is 8.21. The van der Waals surface area contributed by atoms with E-state index in [2.05, 4.69) is 13.8 Å². The summed E-state index contributed by atoms with van der Waals surface area (Å²) in [4.78, 5) is 0. The number of hydrogen-bond donors (Lipinski definition) is 1. The molecule has 0 heterocycles. The molecule has 70 valence electrons. The van der Waals surface area contributed by atoms with E-state index in [0.29, 0.717) is 11.3 Å². The van der Waals surface area contributed by atoms with Gasteiger partial charge < -0.3 is 5.11 Å². The predicted octanol–water partition coefficient (Wildman–Crippen LogP) is 2.58. The molecule has 2 rings (SSSR count). The third-order valence-electron chi connectivity index (χ3n) is 4.42. The first-order valence-corrected chi connectivity index (χ1v) is 5.35. The highest BCUT2D eigenvalue weighted by molar-refractivity contribution is 5.01. The Morgan fingerprint density at radius 1 is 1.25 bits per heavy atom. The Hall–Kier alpha value is -0.0400. The lowest BCUT2D eigenvalue weighted by molar-refractivity contribution is 0.0720. The molecule has 0 amide bonds. The Morgan fingerprint density at radius 3 is 2.58 bits per heavy atom. The largest absolute Gasteiger partial charge is 0.393 e. The van der Waals surface area contributed by atoms with E-state index in [4.69, 9.17) is 0 Å². The lowest BCUT2D eigenvalue weighted by Crippen LogP contribution is -2.30. The van der Waals surface area contributed by atoms with Gasteiger partial charge in [0.15, 0.2) is 0 Å². The summed E-state index contributed by atoms with van der Waals surface area (Å²) in [5.41, 5.74) is 0.527. The first-order valence-electron chi connectivity index (χ1n) is 5.35. The molecule has 2 saturated carbocycles. The van der Waals surface area contributed by atoms with E-state index in [9.17, 15) is 5.11 Å². The van der Waals surface area contributed by atoms with E-state index < -0.39 is 0 Å². The van der Waals surface area contributed by atoms with Crippen LogP contribution in [0.1, 0.15) is 46.0 Å². The van der Waals surface area contributed by atoms with E-state index in [1.54, 1.807) is 0 Å². The standard InChI is InChI=1S/C11H20O/c1-8(2)11-6-3-4-9(11)10(12)5-7-11/h8-10,12H,3-7H2,1-2H3/t9?,10-,11+/m0/s1. The Morgan fingerprint density at radius 2 is 2.00 bits per heavy atom. The van der Waals surface area contributed by atoms with Crippen LogP contribution in [0.4, 0.5) is 0 Å². The monoisotopic (exact) mass is 168 g/mol. The SMILES string of the molecule is CC(C)[C@]12CCCC1[C@@H](O)CC2. The molecule has 1 heteroatoms. The first kappa shape index (κ1) is 8.55. The lowest BCUT2D eigenvalue weighted by Gasteiger charge is -2.34. The summed E-state index contributed by atoms with van der Waals surface area (Å²) >= 11 is 0. The summed E-state index contributed by atoms with van der Waals surface area (Å²) in [7, 11) is 0. The number of fused-ring (bicyclic) bond motifs is 1. The molecule has 2 fully saturated rings. The van der Waals surface area contributed by atoms with Crippen LogP contribution < -0.4 is 0 Å². The maximum absolute atomic E-state index is 9.81. The van der Waals surface area contributed by atoms with Gasteiger partial charge in [0.05, 0.1) is 6.10 Å². The molecule has 0 aromatic heterocycles. The highest BCUT2D eigenvalue weighted by Crippen LogP contribution is 2.58. The molecule has 0 aromatic carbocycles. The zero-order valence-corrected chi connectivity index (χ0v) is 8.21. The van der Waals surface area contributed by atoms with Crippen molar-refractivity contribution < 1.29 is 5.11 Å². The second kappa shape index (κ2) is 2.73. The Kier molecular flexibility index (Phi) is 1.95. The van der Waals surface area contributed by atoms with Crippen LogP contribution in [0.3, 0.4) is 0 Å². The molecule has 1 nitrogen and oxygen atoms in total. The van der Waals surface area contributed by atoms with Crippen molar-refractivity contribution in [2.45, 2.75) is 52.1 Å². The van der Waals surface area contributed by atoms with Crippen LogP contribution in [0.2, 0.25) is 0 Å². The van der Waals surface area contributed by atoms with Crippen molar-refractivity contribution in [1.29, 1.82) is 0 Å². The fourth-order valence-corrected chi connectivity index (χ4v) is 3.63. The van der Waals surface area contributed by atoms with Crippen molar-refractivity contribution in [3.05, 3.63) is 0 Å². The minimum Gasteiger partial charge on any atom is -0.393 e. The van der Waals surface area contributed by atoms with Crippen LogP contribution in [-0.2, 0) is 0 Å². The maximum Gasteiger partial charge on any atom is 0.0574 e. The molecule has 0 spiro atoms. The van der Waals surface area contributed by atoms with Crippen LogP contribution >= 0.6 is 0 Å². The quantitative estimate of drug-likeness (QED) is 0.638. The van der Waals surface area contributed by atoms with Gasteiger partial charge in [-0.2, -0.15) is 0 Å². The molecule has 0 saturated heterocycles. The van der Waals surface area contributed by atoms with Crippen molar-refractivity contribution in [3.63, 3.8) is 0 Å². The summed E-state index contributed by atoms with van der Waals surface area (Å²) in [6.45, 7) is 4.66. The predicted molar refractivity (Wildman–Crippen MR) is 49.9 cm³/mol. The number of aliphatic hydroxyl groups excluding tert-OH is 1. The van der Waals surface area contributed by atoms with E-state index in [1.807, 2.05) is 0 Å². The number of rotatable bonds is 1. The van der Waals surface area contributed by atoms with Crippen molar-refractivity contribution >= 4 is 0 Å². The van der Waals surface area contributed by atoms with E-state index in [0.717, 1.165) is 12.3 Å². The molecule has 0 aliphatic heterocycles. The molecular weight excluding hydrogens is 148 g/mol. The van der Waals surface area contributed by atoms with Gasteiger partial charge in [0, 0.05) is 0 Å². The molecule has 0 bridgehead atoms. The highest BCUT2D eigenvalue weighted by Gasteiger charge is 2.51. The normalized spacial score (nSPS) is 47.0. The second-order valence-electron chi connectivity index (χ2n) is 4.99. The van der Waals surface area contributed by atoms with Crippen LogP contribution in [0, 0.1) is 17.3 Å². The molecule has 2 aliphatic rings. The third-order valence-corrected chi connectivity index (χ3v) is 4.42. The third kappa shape index (κ3) is 0.953. The average molecular weight is 168 g/mol. The van der Waals surface area contributed by atoms with Crippen LogP contribution in [0.15, 0.2) is 0 Å². The molecule has 2 aliphatic carbocycles. The van der Waals surface area contributed by atoms with E-state index in [1.165, 1.54) is 25.7 Å². The first-order chi connectivity index (χ1) is 5.67. The molecule has 12 heavy (non-hydrogen) atoms. The fraction of sp³-hybridized carbons (Fsp3) is 1.00. The summed E-state index contributed by atoms with van der Waals surface area (Å²) in [5.74, 6) is 1.40. The van der Waals surface area contributed by atoms with Gasteiger partial charge in [-0.3, -0.25) is 0 Å². The second-order valence-corrected chi connectivity index (χ2v) is 4.99. The maximum atomic E-state index is 9.81. The van der Waals surface area contributed by atoms with Crippen molar-refractivity contribution in [3.8, 4) is 0 Å². The molecule has 0 aromatic rings. The van der Waals surface area contributed by atoms with E-state index in [-0.39, 0.29) is 6.10 Å². The summed E-state index contributed by atoms with van der Waals surface area (Å²) in [5, 5.41) is 9.81. The molecular formula is C11H20O.